The van der Waals surface area contributed by atoms with Gasteiger partial charge in [-0.3, -0.25) is 4.79 Å². The molecule has 0 aliphatic carbocycles. The maximum atomic E-state index is 12.8. The number of para-hydroxylation sites is 1. The van der Waals surface area contributed by atoms with Gasteiger partial charge in [-0.2, -0.15) is 16.4 Å². The van der Waals surface area contributed by atoms with Crippen LogP contribution in [0, 0.1) is 0 Å². The van der Waals surface area contributed by atoms with E-state index in [0.29, 0.717) is 10.2 Å². The normalized spacial score (nSPS) is 12.1. The summed E-state index contributed by atoms with van der Waals surface area (Å²) in [6.45, 7) is 2.06. The van der Waals surface area contributed by atoms with E-state index >= 15 is 0 Å². The molecule has 1 atom stereocenters. The molecule has 0 aliphatic heterocycles. The minimum absolute atomic E-state index is 0.0354. The predicted molar refractivity (Wildman–Crippen MR) is 101 cm³/mol. The van der Waals surface area contributed by atoms with Crippen molar-refractivity contribution in [3.8, 4) is 5.69 Å². The van der Waals surface area contributed by atoms with Crippen LogP contribution in [-0.2, 0) is 6.42 Å². The van der Waals surface area contributed by atoms with Gasteiger partial charge in [0, 0.05) is 13.1 Å². The minimum atomic E-state index is -0.0354. The van der Waals surface area contributed by atoms with Gasteiger partial charge >= 0.3 is 0 Å². The van der Waals surface area contributed by atoms with Gasteiger partial charge < -0.3 is 4.90 Å². The molecule has 124 valence electrons. The summed E-state index contributed by atoms with van der Waals surface area (Å²) in [7, 11) is 1.84. The van der Waals surface area contributed by atoms with Crippen molar-refractivity contribution < 1.29 is 4.79 Å². The fourth-order valence-corrected chi connectivity index (χ4v) is 3.75. The summed E-state index contributed by atoms with van der Waals surface area (Å²) < 4.78 is 2.40. The Kier molecular flexibility index (Phi) is 5.16. The molecule has 6 heteroatoms. The molecule has 1 amide bonds. The molecule has 0 saturated heterocycles. The SMILES string of the molecule is C[C@H](Cc1ccsc1)N(C)C(=O)c1cnn(-c2ccccc2)c1Br. The van der Waals surface area contributed by atoms with Gasteiger partial charge in [0.1, 0.15) is 4.60 Å². The average molecular weight is 404 g/mol. The molecule has 0 bridgehead atoms. The van der Waals surface area contributed by atoms with Crippen LogP contribution in [0.3, 0.4) is 0 Å². The average Bonchev–Trinajstić information content (AvgIpc) is 3.24. The van der Waals surface area contributed by atoms with Gasteiger partial charge in [-0.05, 0) is 63.8 Å². The first-order valence-corrected chi connectivity index (χ1v) is 9.38. The second-order valence-corrected chi connectivity index (χ2v) is 7.23. The van der Waals surface area contributed by atoms with E-state index < -0.39 is 0 Å². The largest absolute Gasteiger partial charge is 0.339 e. The van der Waals surface area contributed by atoms with E-state index in [1.54, 1.807) is 27.1 Å². The third-order valence-electron chi connectivity index (χ3n) is 4.03. The van der Waals surface area contributed by atoms with Crippen LogP contribution in [0.2, 0.25) is 0 Å². The number of thiophene rings is 1. The fourth-order valence-electron chi connectivity index (χ4n) is 2.50. The number of hydrogen-bond acceptors (Lipinski definition) is 3. The Hall–Kier alpha value is -1.92. The number of rotatable bonds is 5. The van der Waals surface area contributed by atoms with Crippen molar-refractivity contribution in [3.63, 3.8) is 0 Å². The molecular weight excluding hydrogens is 386 g/mol. The summed E-state index contributed by atoms with van der Waals surface area (Å²) in [5, 5.41) is 8.53. The molecule has 3 aromatic rings. The first kappa shape index (κ1) is 16.9. The van der Waals surface area contributed by atoms with Crippen LogP contribution in [0.5, 0.6) is 0 Å². The lowest BCUT2D eigenvalue weighted by atomic mass is 10.1. The molecule has 0 radical (unpaired) electrons. The van der Waals surface area contributed by atoms with Gasteiger partial charge in [-0.1, -0.05) is 18.2 Å². The van der Waals surface area contributed by atoms with Crippen molar-refractivity contribution in [1.82, 2.24) is 14.7 Å². The monoisotopic (exact) mass is 403 g/mol. The van der Waals surface area contributed by atoms with Crippen LogP contribution < -0.4 is 0 Å². The van der Waals surface area contributed by atoms with Crippen molar-refractivity contribution in [2.24, 2.45) is 0 Å². The zero-order chi connectivity index (χ0) is 17.1. The molecule has 4 nitrogen and oxygen atoms in total. The van der Waals surface area contributed by atoms with Crippen LogP contribution >= 0.6 is 27.3 Å². The van der Waals surface area contributed by atoms with E-state index in [4.69, 9.17) is 0 Å². The van der Waals surface area contributed by atoms with E-state index in [9.17, 15) is 4.79 Å². The molecule has 0 spiro atoms. The fraction of sp³-hybridized carbons (Fsp3) is 0.222. The van der Waals surface area contributed by atoms with E-state index in [1.165, 1.54) is 5.56 Å². The Bertz CT molecular complexity index is 814. The van der Waals surface area contributed by atoms with Gasteiger partial charge in [0.15, 0.2) is 0 Å². The molecule has 1 aromatic carbocycles. The van der Waals surface area contributed by atoms with Gasteiger partial charge in [-0.15, -0.1) is 0 Å². The van der Waals surface area contributed by atoms with Crippen LogP contribution in [0.25, 0.3) is 5.69 Å². The summed E-state index contributed by atoms with van der Waals surface area (Å²) >= 11 is 5.20. The van der Waals surface area contributed by atoms with Crippen LogP contribution in [0.4, 0.5) is 0 Å². The lowest BCUT2D eigenvalue weighted by Gasteiger charge is -2.24. The highest BCUT2D eigenvalue weighted by atomic mass is 79.9. The van der Waals surface area contributed by atoms with Crippen LogP contribution in [0.1, 0.15) is 22.8 Å². The topological polar surface area (TPSA) is 38.1 Å². The molecule has 3 rings (SSSR count). The summed E-state index contributed by atoms with van der Waals surface area (Å²) in [6, 6.07) is 12.0. The van der Waals surface area contributed by atoms with Crippen molar-refractivity contribution in [2.45, 2.75) is 19.4 Å². The molecule has 24 heavy (non-hydrogen) atoms. The molecule has 2 aromatic heterocycles. The first-order valence-electron chi connectivity index (χ1n) is 7.65. The standard InChI is InChI=1S/C18H18BrN3OS/c1-13(10-14-8-9-24-12-14)21(2)18(23)16-11-20-22(17(16)19)15-6-4-3-5-7-15/h3-9,11-13H,10H2,1-2H3/t13-/m1/s1. The molecule has 0 unspecified atom stereocenters. The smallest absolute Gasteiger partial charge is 0.258 e. The van der Waals surface area contributed by atoms with Crippen molar-refractivity contribution in [2.75, 3.05) is 7.05 Å². The van der Waals surface area contributed by atoms with E-state index in [1.807, 2.05) is 37.4 Å². The van der Waals surface area contributed by atoms with Gasteiger partial charge in [0.25, 0.3) is 5.91 Å². The Morgan fingerprint density at radius 2 is 2.08 bits per heavy atom. The molecule has 2 heterocycles. The third-order valence-corrected chi connectivity index (χ3v) is 5.53. The van der Waals surface area contributed by atoms with E-state index in [0.717, 1.165) is 12.1 Å². The highest BCUT2D eigenvalue weighted by molar-refractivity contribution is 9.10. The van der Waals surface area contributed by atoms with Crippen molar-refractivity contribution in [1.29, 1.82) is 0 Å². The summed E-state index contributed by atoms with van der Waals surface area (Å²) in [5.74, 6) is -0.0354. The number of hydrogen-bond donors (Lipinski definition) is 0. The molecule has 0 saturated carbocycles. The third kappa shape index (κ3) is 3.44. The number of carbonyl (C=O) groups is 1. The second kappa shape index (κ2) is 7.32. The van der Waals surface area contributed by atoms with Gasteiger partial charge in [-0.25, -0.2) is 4.68 Å². The Morgan fingerprint density at radius 3 is 2.75 bits per heavy atom. The van der Waals surface area contributed by atoms with E-state index in [2.05, 4.69) is 44.8 Å². The Labute approximate surface area is 153 Å². The van der Waals surface area contributed by atoms with Crippen molar-refractivity contribution >= 4 is 33.2 Å². The number of aromatic nitrogens is 2. The summed E-state index contributed by atoms with van der Waals surface area (Å²) in [5.41, 5.74) is 2.74. The second-order valence-electron chi connectivity index (χ2n) is 5.70. The predicted octanol–water partition coefficient (Wildman–Crippen LogP) is 4.40. The molecular formula is C18H18BrN3OS. The zero-order valence-electron chi connectivity index (χ0n) is 13.5. The van der Waals surface area contributed by atoms with Gasteiger partial charge in [0.05, 0.1) is 17.4 Å². The van der Waals surface area contributed by atoms with Crippen LogP contribution in [-0.4, -0.2) is 33.7 Å². The maximum absolute atomic E-state index is 12.8. The minimum Gasteiger partial charge on any atom is -0.339 e. The summed E-state index contributed by atoms with van der Waals surface area (Å²) in [4.78, 5) is 14.6. The number of halogens is 1. The number of amides is 1. The highest BCUT2D eigenvalue weighted by Gasteiger charge is 2.23. The van der Waals surface area contributed by atoms with Crippen LogP contribution in [0.15, 0.2) is 58.0 Å². The van der Waals surface area contributed by atoms with E-state index in [-0.39, 0.29) is 11.9 Å². The Morgan fingerprint density at radius 1 is 1.33 bits per heavy atom. The molecule has 0 fully saturated rings. The lowest BCUT2D eigenvalue weighted by molar-refractivity contribution is 0.0742. The number of nitrogens with zero attached hydrogens (tertiary/aromatic N) is 3. The quantitative estimate of drug-likeness (QED) is 0.632. The number of carbonyl (C=O) groups excluding carboxylic acids is 1. The number of likely N-dealkylation sites (N-methyl/N-ethyl adjacent to an activating group) is 1. The lowest BCUT2D eigenvalue weighted by Crippen LogP contribution is -2.36. The van der Waals surface area contributed by atoms with Crippen molar-refractivity contribution in [3.05, 3.63) is 69.1 Å². The maximum Gasteiger partial charge on any atom is 0.258 e. The Balaban J connectivity index is 1.79. The number of benzene rings is 1. The zero-order valence-corrected chi connectivity index (χ0v) is 15.9. The van der Waals surface area contributed by atoms with Gasteiger partial charge in [0.2, 0.25) is 0 Å². The molecule has 0 aliphatic rings. The molecule has 0 N–H and O–H groups in total. The first-order chi connectivity index (χ1) is 11.6. The summed E-state index contributed by atoms with van der Waals surface area (Å²) in [6.07, 6.45) is 2.46. The highest BCUT2D eigenvalue weighted by Crippen LogP contribution is 2.23.